The van der Waals surface area contributed by atoms with Crippen LogP contribution < -0.4 is 0 Å². The molecule has 0 aliphatic heterocycles. The van der Waals surface area contributed by atoms with Crippen LogP contribution in [0.4, 0.5) is 4.39 Å². The Hall–Kier alpha value is 0.360. The lowest BCUT2D eigenvalue weighted by atomic mass is 10.2. The van der Waals surface area contributed by atoms with E-state index < -0.39 is 5.08 Å². The number of ether oxygens (including phenoxy) is 1. The molecule has 0 aromatic carbocycles. The van der Waals surface area contributed by atoms with Crippen LogP contribution in [0.3, 0.4) is 0 Å². The second-order valence-electron chi connectivity index (χ2n) is 2.00. The highest BCUT2D eigenvalue weighted by Gasteiger charge is 2.14. The second-order valence-corrected chi connectivity index (χ2v) is 4.29. The number of esters is 1. The molecule has 11 heavy (non-hydrogen) atoms. The predicted octanol–water partition coefficient (Wildman–Crippen LogP) is 2.39. The van der Waals surface area contributed by atoms with E-state index in [1.54, 1.807) is 0 Å². The standard InChI is InChI=1S/C6H9Br2FO2/c1-11-6(10)3-4(7)2-5(8)9/h4-5H,2-3H2,1H3. The minimum atomic E-state index is -1.07. The molecule has 2 nitrogen and oxygen atoms in total. The summed E-state index contributed by atoms with van der Waals surface area (Å²) in [6.07, 6.45) is 0.456. The van der Waals surface area contributed by atoms with E-state index in [-0.39, 0.29) is 23.6 Å². The maximum Gasteiger partial charge on any atom is 0.306 e. The highest BCUT2D eigenvalue weighted by Crippen LogP contribution is 2.18. The van der Waals surface area contributed by atoms with E-state index in [0.29, 0.717) is 0 Å². The Kier molecular flexibility index (Phi) is 6.14. The second kappa shape index (κ2) is 5.94. The summed E-state index contributed by atoms with van der Waals surface area (Å²) in [5.41, 5.74) is 0. The van der Waals surface area contributed by atoms with Crippen molar-refractivity contribution in [3.63, 3.8) is 0 Å². The third kappa shape index (κ3) is 6.75. The molecule has 0 radical (unpaired) electrons. The Labute approximate surface area is 81.7 Å². The van der Waals surface area contributed by atoms with E-state index in [9.17, 15) is 9.18 Å². The molecule has 0 spiro atoms. The summed E-state index contributed by atoms with van der Waals surface area (Å²) in [7, 11) is 1.31. The van der Waals surface area contributed by atoms with Crippen molar-refractivity contribution < 1.29 is 13.9 Å². The molecule has 2 atom stereocenters. The molecule has 0 aliphatic rings. The number of halogens is 3. The smallest absolute Gasteiger partial charge is 0.306 e. The zero-order valence-electron chi connectivity index (χ0n) is 6.02. The van der Waals surface area contributed by atoms with Gasteiger partial charge in [0.1, 0.15) is 0 Å². The summed E-state index contributed by atoms with van der Waals surface area (Å²) < 4.78 is 16.6. The number of hydrogen-bond donors (Lipinski definition) is 0. The summed E-state index contributed by atoms with van der Waals surface area (Å²) in [5, 5.41) is -1.07. The maximum atomic E-state index is 12.2. The fourth-order valence-corrected chi connectivity index (χ4v) is 2.09. The van der Waals surface area contributed by atoms with Crippen molar-refractivity contribution in [2.75, 3.05) is 7.11 Å². The highest BCUT2D eigenvalue weighted by atomic mass is 79.9. The summed E-state index contributed by atoms with van der Waals surface area (Å²) in [6, 6.07) is 0. The molecule has 0 saturated heterocycles. The molecule has 0 aliphatic carbocycles. The summed E-state index contributed by atoms with van der Waals surface area (Å²) in [5.74, 6) is -0.333. The number of alkyl halides is 3. The Morgan fingerprint density at radius 3 is 2.55 bits per heavy atom. The topological polar surface area (TPSA) is 26.3 Å². The fourth-order valence-electron chi connectivity index (χ4n) is 0.541. The molecule has 0 bridgehead atoms. The average molecular weight is 292 g/mol. The predicted molar refractivity (Wildman–Crippen MR) is 47.8 cm³/mol. The van der Waals surface area contributed by atoms with Gasteiger partial charge in [-0.05, 0) is 0 Å². The number of methoxy groups -OCH3 is 1. The van der Waals surface area contributed by atoms with Crippen LogP contribution in [-0.2, 0) is 9.53 Å². The molecule has 0 amide bonds. The van der Waals surface area contributed by atoms with Gasteiger partial charge in [0.25, 0.3) is 0 Å². The number of hydrogen-bond acceptors (Lipinski definition) is 2. The highest BCUT2D eigenvalue weighted by molar-refractivity contribution is 9.10. The Morgan fingerprint density at radius 2 is 2.18 bits per heavy atom. The van der Waals surface area contributed by atoms with Crippen LogP contribution in [0, 0.1) is 0 Å². The van der Waals surface area contributed by atoms with Crippen molar-refractivity contribution in [1.29, 1.82) is 0 Å². The first-order valence-electron chi connectivity index (χ1n) is 3.05. The van der Waals surface area contributed by atoms with Crippen molar-refractivity contribution >= 4 is 37.8 Å². The molecule has 0 saturated carbocycles. The van der Waals surface area contributed by atoms with Crippen LogP contribution in [-0.4, -0.2) is 23.0 Å². The molecule has 0 fully saturated rings. The molecular formula is C6H9Br2FO2. The lowest BCUT2D eigenvalue weighted by Gasteiger charge is -2.06. The molecule has 0 N–H and O–H groups in total. The molecule has 2 unspecified atom stereocenters. The van der Waals surface area contributed by atoms with Gasteiger partial charge < -0.3 is 4.74 Å². The first-order valence-corrected chi connectivity index (χ1v) is 4.88. The Bertz CT molecular complexity index is 130. The van der Waals surface area contributed by atoms with Gasteiger partial charge in [-0.3, -0.25) is 4.79 Å². The normalized spacial score (nSPS) is 15.6. The van der Waals surface area contributed by atoms with Crippen LogP contribution in [0.2, 0.25) is 0 Å². The van der Waals surface area contributed by atoms with Crippen molar-refractivity contribution in [1.82, 2.24) is 0 Å². The van der Waals surface area contributed by atoms with Crippen LogP contribution in [0.1, 0.15) is 12.8 Å². The van der Waals surface area contributed by atoms with E-state index in [0.717, 1.165) is 0 Å². The Morgan fingerprint density at radius 1 is 1.64 bits per heavy atom. The van der Waals surface area contributed by atoms with Crippen LogP contribution in [0.5, 0.6) is 0 Å². The molecule has 5 heteroatoms. The van der Waals surface area contributed by atoms with Crippen LogP contribution >= 0.6 is 31.9 Å². The maximum absolute atomic E-state index is 12.2. The fraction of sp³-hybridized carbons (Fsp3) is 0.833. The first-order chi connectivity index (χ1) is 5.06. The van der Waals surface area contributed by atoms with Crippen LogP contribution in [0.25, 0.3) is 0 Å². The van der Waals surface area contributed by atoms with Crippen molar-refractivity contribution in [2.24, 2.45) is 0 Å². The quantitative estimate of drug-likeness (QED) is 0.587. The first kappa shape index (κ1) is 11.4. The molecule has 66 valence electrons. The van der Waals surface area contributed by atoms with Crippen molar-refractivity contribution in [3.8, 4) is 0 Å². The van der Waals surface area contributed by atoms with E-state index in [1.165, 1.54) is 7.11 Å². The SMILES string of the molecule is COC(=O)CC(Br)CC(F)Br. The molecule has 0 aromatic heterocycles. The van der Waals surface area contributed by atoms with Gasteiger partial charge in [-0.1, -0.05) is 31.9 Å². The zero-order chi connectivity index (χ0) is 8.85. The lowest BCUT2D eigenvalue weighted by Crippen LogP contribution is -2.11. The van der Waals surface area contributed by atoms with Gasteiger partial charge >= 0.3 is 5.97 Å². The van der Waals surface area contributed by atoms with Gasteiger partial charge in [0.15, 0.2) is 5.08 Å². The third-order valence-electron chi connectivity index (χ3n) is 1.05. The minimum Gasteiger partial charge on any atom is -0.469 e. The Balaban J connectivity index is 3.51. The molecule has 0 rings (SSSR count). The van der Waals surface area contributed by atoms with Gasteiger partial charge in [-0.15, -0.1) is 0 Å². The monoisotopic (exact) mass is 290 g/mol. The molecule has 0 aromatic rings. The summed E-state index contributed by atoms with van der Waals surface area (Å²) >= 11 is 5.89. The van der Waals surface area contributed by atoms with E-state index in [4.69, 9.17) is 0 Å². The van der Waals surface area contributed by atoms with Gasteiger partial charge in [0.2, 0.25) is 0 Å². The van der Waals surface area contributed by atoms with E-state index in [1.807, 2.05) is 0 Å². The molecule has 0 heterocycles. The largest absolute Gasteiger partial charge is 0.469 e. The van der Waals surface area contributed by atoms with Crippen molar-refractivity contribution in [2.45, 2.75) is 22.7 Å². The van der Waals surface area contributed by atoms with Gasteiger partial charge in [0.05, 0.1) is 13.5 Å². The van der Waals surface area contributed by atoms with Crippen molar-refractivity contribution in [3.05, 3.63) is 0 Å². The van der Waals surface area contributed by atoms with E-state index >= 15 is 0 Å². The number of carbonyl (C=O) groups is 1. The number of rotatable bonds is 4. The summed E-state index contributed by atoms with van der Waals surface area (Å²) in [6.45, 7) is 0. The van der Waals surface area contributed by atoms with Crippen LogP contribution in [0.15, 0.2) is 0 Å². The number of carbonyl (C=O) groups excluding carboxylic acids is 1. The molecular weight excluding hydrogens is 283 g/mol. The van der Waals surface area contributed by atoms with Gasteiger partial charge in [-0.25, -0.2) is 4.39 Å². The zero-order valence-corrected chi connectivity index (χ0v) is 9.19. The van der Waals surface area contributed by atoms with Gasteiger partial charge in [0, 0.05) is 11.2 Å². The van der Waals surface area contributed by atoms with E-state index in [2.05, 4.69) is 36.6 Å². The minimum absolute atomic E-state index is 0.163. The average Bonchev–Trinajstić information content (AvgIpc) is 1.85. The third-order valence-corrected chi connectivity index (χ3v) is 2.12. The van der Waals surface area contributed by atoms with Gasteiger partial charge in [-0.2, -0.15) is 0 Å². The summed E-state index contributed by atoms with van der Waals surface area (Å²) in [4.78, 5) is 10.5. The lowest BCUT2D eigenvalue weighted by molar-refractivity contribution is -0.140.